The molecule has 7 heavy (non-hydrogen) atoms. The van der Waals surface area contributed by atoms with Crippen molar-refractivity contribution in [1.82, 2.24) is 0 Å². The molecule has 1 rings (SSSR count). The zero-order valence-electron chi connectivity index (χ0n) is 5.02. The Bertz CT molecular complexity index is 103. The summed E-state index contributed by atoms with van der Waals surface area (Å²) in [7, 11) is 0. The van der Waals surface area contributed by atoms with Gasteiger partial charge in [-0.1, -0.05) is 0 Å². The fourth-order valence-electron chi connectivity index (χ4n) is 0.535. The Morgan fingerprint density at radius 1 is 1.86 bits per heavy atom. The van der Waals surface area contributed by atoms with E-state index in [0.717, 1.165) is 0 Å². The smallest absolute Gasteiger partial charge is 0.305 e. The van der Waals surface area contributed by atoms with E-state index >= 15 is 0 Å². The second-order valence-electron chi connectivity index (χ2n) is 1.50. The average molecular weight is 101 g/mol. The van der Waals surface area contributed by atoms with Crippen molar-refractivity contribution in [2.75, 3.05) is 6.61 Å². The van der Waals surface area contributed by atoms with Crippen molar-refractivity contribution in [2.45, 2.75) is 19.2 Å². The summed E-state index contributed by atoms with van der Waals surface area (Å²) in [6, 6.07) is 0. The number of ether oxygens (including phenoxy) is 1. The summed E-state index contributed by atoms with van der Waals surface area (Å²) >= 11 is 0. The van der Waals surface area contributed by atoms with Crippen molar-refractivity contribution in [3.8, 4) is 0 Å². The first-order chi connectivity index (χ1) is 3.79. The SMILES string of the molecule is [2H]C1CCOC(=O)C1. The molecule has 1 fully saturated rings. The van der Waals surface area contributed by atoms with Gasteiger partial charge in [-0.15, -0.1) is 0 Å². The minimum absolute atomic E-state index is 0.212. The molecule has 1 saturated heterocycles. The third-order valence-electron chi connectivity index (χ3n) is 0.896. The van der Waals surface area contributed by atoms with Crippen molar-refractivity contribution in [2.24, 2.45) is 0 Å². The van der Waals surface area contributed by atoms with E-state index in [1.807, 2.05) is 0 Å². The highest BCUT2D eigenvalue weighted by Gasteiger charge is 2.06. The van der Waals surface area contributed by atoms with E-state index in [1.165, 1.54) is 0 Å². The number of cyclic esters (lactones) is 1. The van der Waals surface area contributed by atoms with E-state index in [1.54, 1.807) is 0 Å². The molecule has 0 N–H and O–H groups in total. The molecule has 1 aliphatic heterocycles. The number of hydrogen-bond acceptors (Lipinski definition) is 2. The number of carbonyl (C=O) groups is 1. The predicted molar refractivity (Wildman–Crippen MR) is 24.8 cm³/mol. The van der Waals surface area contributed by atoms with Gasteiger partial charge in [-0.05, 0) is 12.8 Å². The van der Waals surface area contributed by atoms with Gasteiger partial charge >= 0.3 is 5.97 Å². The number of hydrogen-bond donors (Lipinski definition) is 0. The van der Waals surface area contributed by atoms with E-state index < -0.39 is 0 Å². The average Bonchev–Trinajstić information content (AvgIpc) is 1.64. The summed E-state index contributed by atoms with van der Waals surface area (Å²) < 4.78 is 11.7. The van der Waals surface area contributed by atoms with Crippen LogP contribution in [-0.4, -0.2) is 12.6 Å². The van der Waals surface area contributed by atoms with Gasteiger partial charge in [0.25, 0.3) is 0 Å². The Hall–Kier alpha value is -0.530. The molecule has 2 nitrogen and oxygen atoms in total. The highest BCUT2D eigenvalue weighted by molar-refractivity contribution is 5.69. The summed E-state index contributed by atoms with van der Waals surface area (Å²) in [5.74, 6) is -0.226. The van der Waals surface area contributed by atoms with E-state index in [9.17, 15) is 4.79 Å². The van der Waals surface area contributed by atoms with Gasteiger partial charge in [0.2, 0.25) is 0 Å². The maximum atomic E-state index is 10.3. The van der Waals surface area contributed by atoms with Crippen LogP contribution >= 0.6 is 0 Å². The maximum Gasteiger partial charge on any atom is 0.305 e. The summed E-state index contributed by atoms with van der Waals surface area (Å²) in [5, 5.41) is 0. The molecular weight excluding hydrogens is 92.1 g/mol. The summed E-state index contributed by atoms with van der Waals surface area (Å²) in [6.07, 6.45) is 0.766. The molecule has 1 heterocycles. The van der Waals surface area contributed by atoms with Crippen LogP contribution in [0.5, 0.6) is 0 Å². The minimum Gasteiger partial charge on any atom is -0.466 e. The molecule has 1 atom stereocenters. The van der Waals surface area contributed by atoms with Crippen LogP contribution in [0.25, 0.3) is 0 Å². The first kappa shape index (κ1) is 3.47. The van der Waals surface area contributed by atoms with E-state index in [4.69, 9.17) is 1.37 Å². The van der Waals surface area contributed by atoms with E-state index in [-0.39, 0.29) is 18.8 Å². The van der Waals surface area contributed by atoms with Crippen molar-refractivity contribution in [1.29, 1.82) is 0 Å². The van der Waals surface area contributed by atoms with Crippen LogP contribution in [-0.2, 0) is 9.53 Å². The lowest BCUT2D eigenvalue weighted by Crippen LogP contribution is -2.10. The standard InChI is InChI=1S/C5H8O2/c6-5-3-1-2-4-7-5/h1-4H2/i1D. The molecule has 0 amide bonds. The highest BCUT2D eigenvalue weighted by atomic mass is 16.5. The third kappa shape index (κ3) is 1.18. The van der Waals surface area contributed by atoms with Gasteiger partial charge in [0.1, 0.15) is 0 Å². The molecule has 1 aliphatic rings. The molecule has 0 aromatic heterocycles. The zero-order chi connectivity index (χ0) is 5.98. The first-order valence-corrected chi connectivity index (χ1v) is 2.37. The van der Waals surface area contributed by atoms with Crippen LogP contribution in [0.3, 0.4) is 0 Å². The number of carbonyl (C=O) groups excluding carboxylic acids is 1. The molecule has 0 aromatic carbocycles. The lowest BCUT2D eigenvalue weighted by molar-refractivity contribution is -0.146. The normalized spacial score (nSPS) is 34.0. The van der Waals surface area contributed by atoms with Gasteiger partial charge in [0.15, 0.2) is 0 Å². The Balaban J connectivity index is 2.34. The highest BCUT2D eigenvalue weighted by Crippen LogP contribution is 2.04. The van der Waals surface area contributed by atoms with Gasteiger partial charge in [-0.2, -0.15) is 0 Å². The molecule has 2 heteroatoms. The monoisotopic (exact) mass is 101 g/mol. The molecule has 0 radical (unpaired) electrons. The van der Waals surface area contributed by atoms with Crippen LogP contribution in [0.15, 0.2) is 0 Å². The van der Waals surface area contributed by atoms with Gasteiger partial charge < -0.3 is 4.74 Å². The first-order valence-electron chi connectivity index (χ1n) is 2.94. The Morgan fingerprint density at radius 3 is 3.14 bits per heavy atom. The van der Waals surface area contributed by atoms with Gasteiger partial charge in [-0.25, -0.2) is 0 Å². The van der Waals surface area contributed by atoms with Gasteiger partial charge in [-0.3, -0.25) is 4.79 Å². The lowest BCUT2D eigenvalue weighted by Gasteiger charge is -2.08. The zero-order valence-corrected chi connectivity index (χ0v) is 4.02. The second kappa shape index (κ2) is 1.96. The van der Waals surface area contributed by atoms with Crippen molar-refractivity contribution < 1.29 is 10.9 Å². The molecule has 0 aromatic rings. The topological polar surface area (TPSA) is 26.3 Å². The summed E-state index contributed by atoms with van der Waals surface area (Å²) in [6.45, 7) is 0.438. The fourth-order valence-corrected chi connectivity index (χ4v) is 0.535. The quantitative estimate of drug-likeness (QED) is 0.420. The number of rotatable bonds is 0. The van der Waals surface area contributed by atoms with Gasteiger partial charge in [0, 0.05) is 7.79 Å². The fraction of sp³-hybridized carbons (Fsp3) is 0.800. The summed E-state index contributed by atoms with van der Waals surface area (Å²) in [5.41, 5.74) is 0. The van der Waals surface area contributed by atoms with Crippen LogP contribution in [0.4, 0.5) is 0 Å². The molecule has 0 saturated carbocycles. The van der Waals surface area contributed by atoms with E-state index in [2.05, 4.69) is 4.74 Å². The predicted octanol–water partition coefficient (Wildman–Crippen LogP) is 0.714. The molecule has 1 unspecified atom stereocenters. The maximum absolute atomic E-state index is 10.3. The largest absolute Gasteiger partial charge is 0.466 e. The third-order valence-corrected chi connectivity index (χ3v) is 0.896. The minimum atomic E-state index is -0.226. The van der Waals surface area contributed by atoms with Crippen molar-refractivity contribution >= 4 is 5.97 Å². The Morgan fingerprint density at radius 2 is 2.71 bits per heavy atom. The Kier molecular flexibility index (Phi) is 0.971. The summed E-state index contributed by atoms with van der Waals surface area (Å²) in [4.78, 5) is 10.3. The van der Waals surface area contributed by atoms with Crippen LogP contribution in [0, 0.1) is 0 Å². The van der Waals surface area contributed by atoms with Gasteiger partial charge in [0.05, 0.1) is 6.61 Å². The van der Waals surface area contributed by atoms with E-state index in [0.29, 0.717) is 13.0 Å². The molecule has 40 valence electrons. The second-order valence-corrected chi connectivity index (χ2v) is 1.50. The van der Waals surface area contributed by atoms with Crippen LogP contribution in [0.2, 0.25) is 0 Å². The molecular formula is C5H8O2. The van der Waals surface area contributed by atoms with Crippen LogP contribution in [0.1, 0.15) is 20.6 Å². The number of esters is 1. The van der Waals surface area contributed by atoms with Crippen LogP contribution < -0.4 is 0 Å². The Labute approximate surface area is 43.9 Å². The molecule has 0 spiro atoms. The van der Waals surface area contributed by atoms with Crippen molar-refractivity contribution in [3.05, 3.63) is 0 Å². The lowest BCUT2D eigenvalue weighted by atomic mass is 10.2. The molecule has 0 aliphatic carbocycles. The van der Waals surface area contributed by atoms with Crippen molar-refractivity contribution in [3.63, 3.8) is 0 Å². The molecule has 0 bridgehead atoms.